The Hall–Kier alpha value is -4.50. The van der Waals surface area contributed by atoms with E-state index < -0.39 is 121 Å². The van der Waals surface area contributed by atoms with Gasteiger partial charge in [-0.2, -0.15) is 25.3 Å². The van der Waals surface area contributed by atoms with Gasteiger partial charge >= 0.3 is 11.9 Å². The summed E-state index contributed by atoms with van der Waals surface area (Å²) < 4.78 is 10.8. The van der Waals surface area contributed by atoms with Crippen molar-refractivity contribution in [1.29, 1.82) is 0 Å². The molecule has 26 heteroatoms. The van der Waals surface area contributed by atoms with Gasteiger partial charge in [-0.3, -0.25) is 47.9 Å². The number of fused-ring (bicyclic) bond motifs is 7. The third kappa shape index (κ3) is 25.0. The van der Waals surface area contributed by atoms with Crippen LogP contribution in [0.5, 0.6) is 0 Å². The first-order valence-electron chi connectivity index (χ1n) is 24.3. The van der Waals surface area contributed by atoms with E-state index in [4.69, 9.17) is 20.9 Å². The molecular weight excluding hydrogens is 1010 g/mol. The molecule has 8 atom stereocenters. The fourth-order valence-electron chi connectivity index (χ4n) is 7.01. The lowest BCUT2D eigenvalue weighted by molar-refractivity contribution is -0.149. The number of carbonyl (C=O) groups excluding carboxylic acids is 10. The van der Waals surface area contributed by atoms with Gasteiger partial charge in [0.1, 0.15) is 61.5 Å². The predicted octanol–water partition coefficient (Wildman–Crippen LogP) is -0.538. The van der Waals surface area contributed by atoms with Crippen LogP contribution in [0.2, 0.25) is 0 Å². The van der Waals surface area contributed by atoms with Gasteiger partial charge in [0.2, 0.25) is 47.3 Å². The zero-order chi connectivity index (χ0) is 53.6. The number of nitrogens with one attached hydrogen (secondary N) is 8. The van der Waals surface area contributed by atoms with E-state index in [1.54, 1.807) is 45.9 Å². The number of unbranched alkanes of at least 4 members (excludes halogenated alkanes) is 2. The van der Waals surface area contributed by atoms with Crippen LogP contribution in [-0.2, 0) is 57.4 Å². The van der Waals surface area contributed by atoms with Crippen LogP contribution in [0.4, 0.5) is 0 Å². The lowest BCUT2D eigenvalue weighted by Crippen LogP contribution is -2.59. The Morgan fingerprint density at radius 3 is 1.71 bits per heavy atom. The number of hydrogen-bond acceptors (Lipinski definition) is 18. The van der Waals surface area contributed by atoms with E-state index >= 15 is 0 Å². The molecule has 0 aromatic rings. The zero-order valence-electron chi connectivity index (χ0n) is 41.6. The maximum absolute atomic E-state index is 13.2. The highest BCUT2D eigenvalue weighted by Crippen LogP contribution is 2.24. The van der Waals surface area contributed by atoms with E-state index in [0.717, 1.165) is 0 Å². The van der Waals surface area contributed by atoms with E-state index in [1.807, 2.05) is 6.08 Å². The van der Waals surface area contributed by atoms with Gasteiger partial charge in [0.05, 0.1) is 12.8 Å². The van der Waals surface area contributed by atoms with Crippen LogP contribution in [-0.4, -0.2) is 157 Å². The highest BCUT2D eigenvalue weighted by Gasteiger charge is 2.34. The Morgan fingerprint density at radius 1 is 0.639 bits per heavy atom. The molecule has 8 amide bonds. The number of rotatable bonds is 14. The van der Waals surface area contributed by atoms with Crippen molar-refractivity contribution in [3.05, 3.63) is 24.3 Å². The minimum atomic E-state index is -1.04. The van der Waals surface area contributed by atoms with Gasteiger partial charge in [0.25, 0.3) is 0 Å². The van der Waals surface area contributed by atoms with Gasteiger partial charge in [-0.05, 0) is 94.2 Å². The van der Waals surface area contributed by atoms with Crippen molar-refractivity contribution >= 4 is 106 Å². The molecule has 3 rings (SSSR count). The Balaban J connectivity index is 0.000000493. The summed E-state index contributed by atoms with van der Waals surface area (Å²) >= 11 is 8.31. The van der Waals surface area contributed by atoms with Gasteiger partial charge < -0.3 is 63.5 Å². The molecule has 3 aliphatic rings. The molecule has 2 fully saturated rings. The Morgan fingerprint density at radius 2 is 1.17 bits per heavy atom. The summed E-state index contributed by atoms with van der Waals surface area (Å²) in [4.78, 5) is 128. The zero-order valence-corrected chi connectivity index (χ0v) is 45.0. The van der Waals surface area contributed by atoms with Crippen molar-refractivity contribution in [2.45, 2.75) is 140 Å². The molecule has 0 saturated carbocycles. The van der Waals surface area contributed by atoms with Crippen LogP contribution in [0, 0.1) is 11.8 Å². The highest BCUT2D eigenvalue weighted by atomic mass is 33.1. The van der Waals surface area contributed by atoms with Crippen LogP contribution < -0.4 is 54.0 Å². The van der Waals surface area contributed by atoms with E-state index in [9.17, 15) is 47.9 Å². The summed E-state index contributed by atoms with van der Waals surface area (Å²) in [6.07, 6.45) is 9.01. The van der Waals surface area contributed by atoms with Crippen LogP contribution in [0.25, 0.3) is 0 Å². The Bertz CT molecular complexity index is 1880. The van der Waals surface area contributed by atoms with Gasteiger partial charge in [-0.15, -0.1) is 0 Å². The summed E-state index contributed by atoms with van der Waals surface area (Å²) in [6, 6.07) is -5.66. The predicted molar refractivity (Wildman–Crippen MR) is 282 cm³/mol. The highest BCUT2D eigenvalue weighted by molar-refractivity contribution is 8.76. The van der Waals surface area contributed by atoms with Gasteiger partial charge in [-0.1, -0.05) is 61.4 Å². The monoisotopic (exact) mass is 1090 g/mol. The number of thiol groups is 2. The summed E-state index contributed by atoms with van der Waals surface area (Å²) in [5.74, 6) is -4.81. The number of cyclic esters (lactones) is 1. The number of ether oxygens (including phenoxy) is 2. The third-order valence-corrected chi connectivity index (χ3v) is 14.0. The summed E-state index contributed by atoms with van der Waals surface area (Å²) in [5.41, 5.74) is 11.1. The van der Waals surface area contributed by atoms with E-state index in [0.29, 0.717) is 76.0 Å². The van der Waals surface area contributed by atoms with Crippen LogP contribution >= 0.6 is 46.8 Å². The number of carbonyl (C=O) groups is 10. The molecule has 72 heavy (non-hydrogen) atoms. The van der Waals surface area contributed by atoms with Gasteiger partial charge in [-0.25, -0.2) is 0 Å². The molecule has 22 nitrogen and oxygen atoms in total. The first-order valence-corrected chi connectivity index (χ1v) is 28.0. The molecule has 2 saturated heterocycles. The normalized spacial score (nSPS) is 26.8. The second kappa shape index (κ2) is 35.6. The Labute approximate surface area is 441 Å². The fourth-order valence-corrected chi connectivity index (χ4v) is 9.58. The molecule has 0 aliphatic carbocycles. The molecule has 406 valence electrons. The minimum absolute atomic E-state index is 0.0299. The lowest BCUT2D eigenvalue weighted by atomic mass is 10.0. The van der Waals surface area contributed by atoms with Crippen molar-refractivity contribution < 1.29 is 57.4 Å². The maximum Gasteiger partial charge on any atom is 0.326 e. The SMILES string of the molecule is CC(C)[C@H]1NC(=O)[C@@H](CS)NC(=O)[C@@H](CCCCN)NC(=O)C[C@@H](/C=C/CCS)OC(=O)CNC1=O.CC(C)[C@H]1NC(=O)[C@H]2CSSCC/C=C/[C@H](CC(=O)N[C@H](CCCCN)C(=O)N2)OC(=O)CNC1=O. The molecule has 0 spiro atoms. The lowest BCUT2D eigenvalue weighted by Gasteiger charge is -2.27. The molecular formula is C46H76N10O12S4. The summed E-state index contributed by atoms with van der Waals surface area (Å²) in [5, 5.41) is 21.1. The van der Waals surface area contributed by atoms with Crippen molar-refractivity contribution in [2.24, 2.45) is 23.3 Å². The maximum atomic E-state index is 13.2. The molecule has 0 aromatic heterocycles. The molecule has 0 radical (unpaired) electrons. The number of amides is 8. The van der Waals surface area contributed by atoms with Crippen LogP contribution in [0.15, 0.2) is 24.3 Å². The van der Waals surface area contributed by atoms with Crippen molar-refractivity contribution in [3.63, 3.8) is 0 Å². The van der Waals surface area contributed by atoms with Crippen LogP contribution in [0.1, 0.15) is 91.9 Å². The smallest absolute Gasteiger partial charge is 0.326 e. The third-order valence-electron chi connectivity index (χ3n) is 11.0. The summed E-state index contributed by atoms with van der Waals surface area (Å²) in [7, 11) is 2.97. The first-order chi connectivity index (χ1) is 34.3. The number of allylic oxidation sites excluding steroid dienone is 2. The van der Waals surface area contributed by atoms with Gasteiger partial charge in [0.15, 0.2) is 0 Å². The number of hydrogen-bond donors (Lipinski definition) is 12. The standard InChI is InChI=1S/C23H37N5O6S2.C23H39N5O6S2/c1-14(2)20-23(33)25-12-19(30)34-15-7-4-6-10-35-36-13-17(22(32)28-20)27-21(31)16(8-3-5-9-24)26-18(29)11-15;1-14(2)20-23(33)25-12-19(30)34-15(7-4-6-10-35)11-18(29)26-16(8-3-5-9-24)21(31)27-17(13-36)22(32)28-20/h4,7,14-17,20H,3,5-6,8-13,24H2,1-2H3,(H,25,33)(H,26,29)(H,27,31)(H,28,32);4,7,14-17,20,35-36H,3,5-6,8-13,24H2,1-2H3,(H,25,33)(H,26,29)(H,27,31)(H,28,32)/b2*7-4+/t2*15-,16-,17-,20-/m11/s1. The number of nitrogens with two attached hydrogens (primary N) is 2. The Kier molecular flexibility index (Phi) is 31.5. The second-order valence-corrected chi connectivity index (χ2v) is 21.2. The van der Waals surface area contributed by atoms with Gasteiger partial charge in [0, 0.05) is 17.3 Å². The van der Waals surface area contributed by atoms with Crippen LogP contribution in [0.3, 0.4) is 0 Å². The van der Waals surface area contributed by atoms with Crippen molar-refractivity contribution in [1.82, 2.24) is 42.5 Å². The van der Waals surface area contributed by atoms with E-state index in [-0.39, 0.29) is 36.2 Å². The molecule has 3 heterocycles. The molecule has 0 aromatic carbocycles. The first kappa shape index (κ1) is 63.6. The summed E-state index contributed by atoms with van der Waals surface area (Å²) in [6.45, 7) is 7.04. The molecule has 3 aliphatic heterocycles. The average Bonchev–Trinajstić information content (AvgIpc) is 3.32. The van der Waals surface area contributed by atoms with Crippen molar-refractivity contribution in [3.8, 4) is 0 Å². The largest absolute Gasteiger partial charge is 0.456 e. The molecule has 2 bridgehead atoms. The van der Waals surface area contributed by atoms with E-state index in [2.05, 4.69) is 67.8 Å². The van der Waals surface area contributed by atoms with E-state index in [1.165, 1.54) is 21.6 Å². The minimum Gasteiger partial charge on any atom is -0.456 e. The van der Waals surface area contributed by atoms with Crippen molar-refractivity contribution in [2.75, 3.05) is 49.2 Å². The second-order valence-electron chi connectivity index (χ2n) is 17.7. The average molecular weight is 1090 g/mol. The topological polar surface area (TPSA) is 337 Å². The molecule has 0 unspecified atom stereocenters. The quantitative estimate of drug-likeness (QED) is 0.0342. The number of esters is 2. The molecule has 12 N–H and O–H groups in total. The fraction of sp³-hybridized carbons (Fsp3) is 0.696.